The Labute approximate surface area is 614 Å². The van der Waals surface area contributed by atoms with Gasteiger partial charge in [0, 0.05) is 37.9 Å². The number of rotatable bonds is 51. The van der Waals surface area contributed by atoms with E-state index >= 15 is 0 Å². The van der Waals surface area contributed by atoms with E-state index in [9.17, 15) is 97.1 Å². The molecule has 0 spiro atoms. The van der Waals surface area contributed by atoms with Gasteiger partial charge in [0.2, 0.25) is 82.7 Å². The maximum absolute atomic E-state index is 14.3. The molecule has 34 N–H and O–H groups in total. The zero-order valence-electron chi connectivity index (χ0n) is 60.6. The zero-order valence-corrected chi connectivity index (χ0v) is 60.6. The molecule has 0 saturated heterocycles. The summed E-state index contributed by atoms with van der Waals surface area (Å²) in [6.45, 7) is 7.21. The van der Waals surface area contributed by atoms with Crippen molar-refractivity contribution in [3.63, 3.8) is 0 Å². The Morgan fingerprint density at radius 2 is 0.860 bits per heavy atom. The second kappa shape index (κ2) is 48.4. The molecule has 0 aliphatic carbocycles. The van der Waals surface area contributed by atoms with Gasteiger partial charge in [-0.05, 0) is 71.1 Å². The second-order valence-electron chi connectivity index (χ2n) is 24.9. The molecule has 0 fully saturated rings. The Morgan fingerprint density at radius 3 is 1.29 bits per heavy atom. The number of nitrogens with zero attached hydrogens (tertiary/aromatic N) is 4. The number of nitrogens with two attached hydrogens (primary N) is 8. The molecule has 46 nitrogen and oxygen atoms in total. The molecule has 600 valence electrons. The molecule has 0 aromatic carbocycles. The third kappa shape index (κ3) is 36.6. The van der Waals surface area contributed by atoms with Gasteiger partial charge in [0.25, 0.3) is 0 Å². The number of carbonyl (C=O) groups excluding carboxylic acids is 14. The van der Waals surface area contributed by atoms with E-state index in [0.29, 0.717) is 6.42 Å². The van der Waals surface area contributed by atoms with Crippen LogP contribution >= 0.6 is 0 Å². The Balaban J connectivity index is 3.46. The number of amides is 14. The predicted molar refractivity (Wildman–Crippen MR) is 380 cm³/mol. The fourth-order valence-corrected chi connectivity index (χ4v) is 9.46. The number of aliphatic hydroxyl groups is 2. The Bertz CT molecular complexity index is 3290. The molecule has 1 aromatic heterocycles. The van der Waals surface area contributed by atoms with Gasteiger partial charge < -0.3 is 140 Å². The van der Waals surface area contributed by atoms with Crippen molar-refractivity contribution < 1.29 is 97.1 Å². The van der Waals surface area contributed by atoms with Crippen LogP contribution in [0.25, 0.3) is 0 Å². The minimum absolute atomic E-state index is 0.0156. The van der Waals surface area contributed by atoms with Crippen molar-refractivity contribution in [1.82, 2.24) is 79.1 Å². The van der Waals surface area contributed by atoms with Crippen molar-refractivity contribution in [2.24, 2.45) is 72.7 Å². The molecule has 1 aromatic rings. The summed E-state index contributed by atoms with van der Waals surface area (Å²) in [5, 5.41) is 69.7. The van der Waals surface area contributed by atoms with E-state index < -0.39 is 212 Å². The van der Waals surface area contributed by atoms with E-state index in [2.05, 4.69) is 94.1 Å². The van der Waals surface area contributed by atoms with Crippen LogP contribution in [-0.4, -0.2) is 261 Å². The second-order valence-corrected chi connectivity index (χ2v) is 24.9. The number of aromatic nitrogens is 2. The van der Waals surface area contributed by atoms with Crippen molar-refractivity contribution in [3.8, 4) is 0 Å². The number of imidazole rings is 1. The summed E-state index contributed by atoms with van der Waals surface area (Å²) in [6.07, 6.45) is -1.53. The first kappa shape index (κ1) is 93.4. The lowest BCUT2D eigenvalue weighted by Gasteiger charge is -2.28. The number of nitrogens with one attached hydrogen (secondary N) is 14. The standard InChI is InChI=1S/C61H106N26O20/c1-8-27(3)44(63)55(103)78-29(5)47(95)85-39(25-88)49(97)74-23-41(91)80-34(14-11-17-72-60(66)67)52(100)87-46(31(7)89)56(104)75-24-42(92)79-33(13-10-16-71-59(64)65)50(98)81-35(15-12-18-73-61(68)69)51(99)82-37(20-40(62)90)53(101)77-30(6)48(96)86-45(28(4)9-2)57(105)83-36(19-32-22-70-26-76-32)54(102)84-38(58(106)107)21-43(93)94/h22,26-31,33-39,44-46,88-89H,8-21,23-25,63H2,1-7H3,(H2,62,90)(H,70,76)(H,74,97)(H,75,104)(H,77,101)(H,78,103)(H,79,92)(H,80,91)(H,81,98)(H,82,99)(H,83,105)(H,84,102)(H,85,95)(H,86,96)(H,87,100)(H,93,94)(H,106,107)(H4,64,65,71)(H4,66,67,72)(H4,68,69,73)/t27-,28-,29-,30-,31+,33-,34-,35-,36-,37-,38-,39-,44-,45-,46-/m0/s1. The first-order valence-corrected chi connectivity index (χ1v) is 33.9. The van der Waals surface area contributed by atoms with E-state index in [1.807, 2.05) is 6.92 Å². The maximum Gasteiger partial charge on any atom is 0.326 e. The summed E-state index contributed by atoms with van der Waals surface area (Å²) in [4.78, 5) is 231. The molecular formula is C61H106N26O20. The molecule has 0 unspecified atom stereocenters. The van der Waals surface area contributed by atoms with Crippen LogP contribution in [0.5, 0.6) is 0 Å². The summed E-state index contributed by atoms with van der Waals surface area (Å²) in [6, 6.07) is -18.9. The van der Waals surface area contributed by atoms with Crippen LogP contribution in [0.4, 0.5) is 0 Å². The molecule has 15 atom stereocenters. The molecule has 0 aliphatic rings. The fourth-order valence-electron chi connectivity index (χ4n) is 9.46. The number of aliphatic hydroxyl groups excluding tert-OH is 2. The van der Waals surface area contributed by atoms with Crippen molar-refractivity contribution in [3.05, 3.63) is 18.2 Å². The molecule has 107 heavy (non-hydrogen) atoms. The Hall–Kier alpha value is -11.6. The lowest BCUT2D eigenvalue weighted by Crippen LogP contribution is -2.61. The minimum Gasteiger partial charge on any atom is -0.481 e. The topological polar surface area (TPSA) is 784 Å². The van der Waals surface area contributed by atoms with E-state index in [-0.39, 0.29) is 100 Å². The minimum atomic E-state index is -1.91. The molecule has 0 bridgehead atoms. The number of aliphatic carboxylic acids is 2. The van der Waals surface area contributed by atoms with Gasteiger partial charge in [-0.25, -0.2) is 9.78 Å². The average Bonchev–Trinajstić information content (AvgIpc) is 1.43. The van der Waals surface area contributed by atoms with Gasteiger partial charge in [0.05, 0.1) is 51.0 Å². The molecule has 1 heterocycles. The van der Waals surface area contributed by atoms with E-state index in [1.165, 1.54) is 19.4 Å². The van der Waals surface area contributed by atoms with Crippen LogP contribution in [0, 0.1) is 11.8 Å². The fraction of sp³-hybridized carbons (Fsp3) is 0.639. The highest BCUT2D eigenvalue weighted by atomic mass is 16.4. The van der Waals surface area contributed by atoms with Crippen LogP contribution < -0.4 is 115 Å². The van der Waals surface area contributed by atoms with Gasteiger partial charge in [-0.15, -0.1) is 0 Å². The number of aromatic amines is 1. The summed E-state index contributed by atoms with van der Waals surface area (Å²) < 4.78 is 0. The number of aliphatic imine (C=N–C) groups is 3. The summed E-state index contributed by atoms with van der Waals surface area (Å²) in [5.41, 5.74) is 44.5. The largest absolute Gasteiger partial charge is 0.481 e. The van der Waals surface area contributed by atoms with Gasteiger partial charge in [0.1, 0.15) is 66.5 Å². The molecular weight excluding hydrogens is 1420 g/mol. The van der Waals surface area contributed by atoms with E-state index in [0.717, 1.165) is 13.8 Å². The lowest BCUT2D eigenvalue weighted by molar-refractivity contribution is -0.147. The van der Waals surface area contributed by atoms with Crippen LogP contribution in [0.2, 0.25) is 0 Å². The number of carboxylic acid groups (broad SMARTS) is 2. The van der Waals surface area contributed by atoms with Crippen molar-refractivity contribution in [2.75, 3.05) is 39.3 Å². The van der Waals surface area contributed by atoms with Crippen LogP contribution in [-0.2, 0) is 83.1 Å². The number of carboxylic acids is 2. The molecule has 0 radical (unpaired) electrons. The quantitative estimate of drug-likeness (QED) is 0.0164. The highest BCUT2D eigenvalue weighted by Gasteiger charge is 2.37. The highest BCUT2D eigenvalue weighted by Crippen LogP contribution is 2.13. The Kier molecular flexibility index (Phi) is 42.3. The number of carbonyl (C=O) groups is 16. The van der Waals surface area contributed by atoms with Crippen molar-refractivity contribution >= 4 is 113 Å². The zero-order chi connectivity index (χ0) is 81.4. The van der Waals surface area contributed by atoms with Gasteiger partial charge >= 0.3 is 11.9 Å². The van der Waals surface area contributed by atoms with Crippen LogP contribution in [0.3, 0.4) is 0 Å². The number of hydrogen-bond donors (Lipinski definition) is 26. The number of primary amides is 1. The summed E-state index contributed by atoms with van der Waals surface area (Å²) in [7, 11) is 0. The van der Waals surface area contributed by atoms with Gasteiger partial charge in [-0.2, -0.15) is 0 Å². The number of H-pyrrole nitrogens is 1. The molecule has 1 rings (SSSR count). The third-order valence-corrected chi connectivity index (χ3v) is 16.0. The Morgan fingerprint density at radius 1 is 0.458 bits per heavy atom. The monoisotopic (exact) mass is 1520 g/mol. The molecule has 0 aliphatic heterocycles. The average molecular weight is 1520 g/mol. The maximum atomic E-state index is 14.3. The molecule has 46 heteroatoms. The number of guanidine groups is 3. The molecule has 0 saturated carbocycles. The van der Waals surface area contributed by atoms with Gasteiger partial charge in [0.15, 0.2) is 17.9 Å². The SMILES string of the molecule is CC[C@H](C)[C@H](N)C(=O)N[C@@H](C)C(=O)N[C@@H](CO)C(=O)NCC(=O)N[C@@H](CCCN=C(N)N)C(=O)N[C@H](C(=O)NCC(=O)N[C@@H](CCCN=C(N)N)C(=O)N[C@@H](CCCN=C(N)N)C(=O)N[C@@H](CC(N)=O)C(=O)N[C@@H](C)C(=O)N[C@H](C(=O)N[C@@H](Cc1cnc[nH]1)C(=O)N[C@@H](CC(=O)O)C(=O)O)[C@@H](C)CC)[C@@H](C)O. The van der Waals surface area contributed by atoms with E-state index in [1.54, 1.807) is 20.8 Å². The normalized spacial score (nSPS) is 15.1. The van der Waals surface area contributed by atoms with E-state index in [4.69, 9.17) is 45.9 Å². The first-order chi connectivity index (χ1) is 50.2. The summed E-state index contributed by atoms with van der Waals surface area (Å²) >= 11 is 0. The first-order valence-electron chi connectivity index (χ1n) is 33.9. The van der Waals surface area contributed by atoms with Crippen LogP contribution in [0.1, 0.15) is 118 Å². The van der Waals surface area contributed by atoms with Gasteiger partial charge in [-0.1, -0.05) is 40.5 Å². The highest BCUT2D eigenvalue weighted by molar-refractivity contribution is 6.00. The number of hydrogen-bond acceptors (Lipinski definition) is 23. The van der Waals surface area contributed by atoms with Crippen molar-refractivity contribution in [2.45, 2.75) is 198 Å². The van der Waals surface area contributed by atoms with Crippen molar-refractivity contribution in [1.29, 1.82) is 0 Å². The summed E-state index contributed by atoms with van der Waals surface area (Å²) in [5.74, 6) is -19.9. The van der Waals surface area contributed by atoms with Crippen LogP contribution in [0.15, 0.2) is 27.5 Å². The molecule has 14 amide bonds. The smallest absolute Gasteiger partial charge is 0.326 e. The van der Waals surface area contributed by atoms with Gasteiger partial charge in [-0.3, -0.25) is 86.9 Å². The third-order valence-electron chi connectivity index (χ3n) is 16.0. The predicted octanol–water partition coefficient (Wildman–Crippen LogP) is -12.1. The lowest BCUT2D eigenvalue weighted by atomic mass is 9.97.